The van der Waals surface area contributed by atoms with E-state index in [1.54, 1.807) is 6.92 Å². The summed E-state index contributed by atoms with van der Waals surface area (Å²) in [6, 6.07) is 9.60. The number of nitrogens with zero attached hydrogens (tertiary/aromatic N) is 3. The van der Waals surface area contributed by atoms with Crippen LogP contribution < -0.4 is 10.5 Å². The average molecular weight is 348 g/mol. The van der Waals surface area contributed by atoms with E-state index in [1.165, 1.54) is 11.8 Å². The monoisotopic (exact) mass is 348 g/mol. The van der Waals surface area contributed by atoms with Crippen molar-refractivity contribution in [2.24, 2.45) is 11.7 Å². The summed E-state index contributed by atoms with van der Waals surface area (Å²) in [5.41, 5.74) is 5.36. The number of primary amides is 1. The van der Waals surface area contributed by atoms with Crippen molar-refractivity contribution in [2.45, 2.75) is 50.8 Å². The predicted molar refractivity (Wildman–Crippen MR) is 94.8 cm³/mol. The van der Waals surface area contributed by atoms with Gasteiger partial charge in [0.25, 0.3) is 0 Å². The van der Waals surface area contributed by atoms with Gasteiger partial charge in [-0.3, -0.25) is 4.79 Å². The molecule has 0 aliphatic carbocycles. The second-order valence-electron chi connectivity index (χ2n) is 6.00. The first-order valence-electron chi connectivity index (χ1n) is 8.03. The van der Waals surface area contributed by atoms with E-state index in [2.05, 4.69) is 24.0 Å². The van der Waals surface area contributed by atoms with Crippen LogP contribution in [-0.2, 0) is 17.9 Å². The summed E-state index contributed by atoms with van der Waals surface area (Å²) < 4.78 is 7.80. The Hall–Kier alpha value is -2.02. The number of amides is 1. The van der Waals surface area contributed by atoms with Crippen molar-refractivity contribution in [1.82, 2.24) is 14.8 Å². The van der Waals surface area contributed by atoms with Crippen LogP contribution in [0.25, 0.3) is 0 Å². The molecule has 2 N–H and O–H groups in total. The molecule has 0 bridgehead atoms. The molecule has 1 unspecified atom stereocenters. The lowest BCUT2D eigenvalue weighted by Crippen LogP contribution is -2.23. The van der Waals surface area contributed by atoms with Crippen molar-refractivity contribution in [2.75, 3.05) is 0 Å². The van der Waals surface area contributed by atoms with E-state index >= 15 is 0 Å². The molecular weight excluding hydrogens is 324 g/mol. The molecule has 0 aliphatic rings. The number of carbonyl (C=O) groups is 1. The number of hydrogen-bond acceptors (Lipinski definition) is 5. The molecular formula is C17H24N4O2S. The lowest BCUT2D eigenvalue weighted by Gasteiger charge is -2.13. The molecule has 0 saturated carbocycles. The number of aromatic nitrogens is 3. The summed E-state index contributed by atoms with van der Waals surface area (Å²) in [6.07, 6.45) is 0.995. The minimum absolute atomic E-state index is 0.334. The largest absolute Gasteiger partial charge is 0.486 e. The highest BCUT2D eigenvalue weighted by atomic mass is 32.2. The number of ether oxygens (including phenoxy) is 1. The van der Waals surface area contributed by atoms with E-state index in [9.17, 15) is 4.79 Å². The van der Waals surface area contributed by atoms with Crippen LogP contribution in [0.4, 0.5) is 0 Å². The van der Waals surface area contributed by atoms with Crippen molar-refractivity contribution in [3.8, 4) is 5.75 Å². The highest BCUT2D eigenvalue weighted by molar-refractivity contribution is 8.00. The Morgan fingerprint density at radius 1 is 1.25 bits per heavy atom. The van der Waals surface area contributed by atoms with E-state index in [4.69, 9.17) is 10.5 Å². The Bertz CT molecular complexity index is 658. The molecule has 1 atom stereocenters. The highest BCUT2D eigenvalue weighted by Crippen LogP contribution is 2.23. The van der Waals surface area contributed by atoms with Gasteiger partial charge in [0.2, 0.25) is 5.91 Å². The third-order valence-corrected chi connectivity index (χ3v) is 4.62. The topological polar surface area (TPSA) is 83.0 Å². The lowest BCUT2D eigenvalue weighted by atomic mass is 10.1. The molecule has 0 radical (unpaired) electrons. The summed E-state index contributed by atoms with van der Waals surface area (Å²) in [6.45, 7) is 7.23. The minimum Gasteiger partial charge on any atom is -0.486 e. The van der Waals surface area contributed by atoms with E-state index in [0.717, 1.165) is 24.5 Å². The normalized spacial score (nSPS) is 12.3. The SMILES string of the molecule is CC(C)CCn1c(COc2ccccc2)nnc1SC(C)C(N)=O. The quantitative estimate of drug-likeness (QED) is 0.705. The molecule has 1 aromatic carbocycles. The second-order valence-corrected chi connectivity index (χ2v) is 7.31. The van der Waals surface area contributed by atoms with Crippen molar-refractivity contribution < 1.29 is 9.53 Å². The van der Waals surface area contributed by atoms with E-state index in [1.807, 2.05) is 34.9 Å². The van der Waals surface area contributed by atoms with Gasteiger partial charge in [0, 0.05) is 6.54 Å². The first-order valence-corrected chi connectivity index (χ1v) is 8.91. The molecule has 0 fully saturated rings. The number of carbonyl (C=O) groups excluding carboxylic acids is 1. The van der Waals surface area contributed by atoms with Crippen LogP contribution in [0.15, 0.2) is 35.5 Å². The summed E-state index contributed by atoms with van der Waals surface area (Å²) in [7, 11) is 0. The summed E-state index contributed by atoms with van der Waals surface area (Å²) >= 11 is 1.33. The molecule has 1 aromatic heterocycles. The van der Waals surface area contributed by atoms with E-state index < -0.39 is 0 Å². The van der Waals surface area contributed by atoms with Gasteiger partial charge in [-0.15, -0.1) is 10.2 Å². The van der Waals surface area contributed by atoms with Gasteiger partial charge in [0.05, 0.1) is 5.25 Å². The van der Waals surface area contributed by atoms with Gasteiger partial charge in [-0.05, 0) is 31.4 Å². The van der Waals surface area contributed by atoms with Gasteiger partial charge < -0.3 is 15.0 Å². The molecule has 24 heavy (non-hydrogen) atoms. The second kappa shape index (κ2) is 8.73. The van der Waals surface area contributed by atoms with Crippen LogP contribution in [0.2, 0.25) is 0 Å². The first-order chi connectivity index (χ1) is 11.5. The van der Waals surface area contributed by atoms with Crippen molar-refractivity contribution in [3.63, 3.8) is 0 Å². The van der Waals surface area contributed by atoms with Crippen molar-refractivity contribution in [3.05, 3.63) is 36.2 Å². The summed E-state index contributed by atoms with van der Waals surface area (Å²) in [5, 5.41) is 8.80. The molecule has 2 rings (SSSR count). The number of thioether (sulfide) groups is 1. The molecule has 0 saturated heterocycles. The van der Waals surface area contributed by atoms with Gasteiger partial charge >= 0.3 is 0 Å². The van der Waals surface area contributed by atoms with Crippen LogP contribution in [0.3, 0.4) is 0 Å². The van der Waals surface area contributed by atoms with Crippen molar-refractivity contribution >= 4 is 17.7 Å². The maximum absolute atomic E-state index is 11.3. The smallest absolute Gasteiger partial charge is 0.230 e. The molecule has 1 amide bonds. The van der Waals surface area contributed by atoms with E-state index in [-0.39, 0.29) is 11.2 Å². The van der Waals surface area contributed by atoms with Gasteiger partial charge in [-0.2, -0.15) is 0 Å². The molecule has 0 aliphatic heterocycles. The van der Waals surface area contributed by atoms with Gasteiger partial charge in [0.1, 0.15) is 12.4 Å². The van der Waals surface area contributed by atoms with Crippen LogP contribution in [0.5, 0.6) is 5.75 Å². The Morgan fingerprint density at radius 2 is 1.96 bits per heavy atom. The molecule has 0 spiro atoms. The van der Waals surface area contributed by atoms with Gasteiger partial charge in [-0.25, -0.2) is 0 Å². The Balaban J connectivity index is 2.13. The Morgan fingerprint density at radius 3 is 2.58 bits per heavy atom. The van der Waals surface area contributed by atoms with Crippen LogP contribution >= 0.6 is 11.8 Å². The molecule has 7 heteroatoms. The fourth-order valence-electron chi connectivity index (χ4n) is 2.01. The maximum atomic E-state index is 11.3. The Labute approximate surface area is 146 Å². The highest BCUT2D eigenvalue weighted by Gasteiger charge is 2.18. The maximum Gasteiger partial charge on any atom is 0.230 e. The van der Waals surface area contributed by atoms with Crippen LogP contribution in [-0.4, -0.2) is 25.9 Å². The first kappa shape index (κ1) is 18.3. The van der Waals surface area contributed by atoms with Gasteiger partial charge in [0.15, 0.2) is 11.0 Å². The third kappa shape index (κ3) is 5.26. The molecule has 2 aromatic rings. The predicted octanol–water partition coefficient (Wildman–Crippen LogP) is 2.87. The fraction of sp³-hybridized carbons (Fsp3) is 0.471. The lowest BCUT2D eigenvalue weighted by molar-refractivity contribution is -0.117. The summed E-state index contributed by atoms with van der Waals surface area (Å²) in [5.74, 6) is 1.73. The number of nitrogens with two attached hydrogens (primary N) is 1. The number of benzene rings is 1. The zero-order valence-corrected chi connectivity index (χ0v) is 15.1. The fourth-order valence-corrected chi connectivity index (χ4v) is 2.85. The zero-order chi connectivity index (χ0) is 17.5. The van der Waals surface area contributed by atoms with Crippen molar-refractivity contribution in [1.29, 1.82) is 0 Å². The molecule has 1 heterocycles. The van der Waals surface area contributed by atoms with Gasteiger partial charge in [-0.1, -0.05) is 43.8 Å². The Kier molecular flexibility index (Phi) is 6.66. The summed E-state index contributed by atoms with van der Waals surface area (Å²) in [4.78, 5) is 11.3. The molecule has 6 nitrogen and oxygen atoms in total. The van der Waals surface area contributed by atoms with Crippen LogP contribution in [0, 0.1) is 5.92 Å². The molecule has 130 valence electrons. The number of hydrogen-bond donors (Lipinski definition) is 1. The standard InChI is InChI=1S/C17H24N4O2S/c1-12(2)9-10-21-15(11-23-14-7-5-4-6-8-14)19-20-17(21)24-13(3)16(18)22/h4-8,12-13H,9-11H2,1-3H3,(H2,18,22). The minimum atomic E-state index is -0.361. The zero-order valence-electron chi connectivity index (χ0n) is 14.3. The van der Waals surface area contributed by atoms with E-state index in [0.29, 0.717) is 17.7 Å². The number of rotatable bonds is 9. The van der Waals surface area contributed by atoms with Crippen LogP contribution in [0.1, 0.15) is 33.0 Å². The third-order valence-electron chi connectivity index (χ3n) is 3.52. The number of para-hydroxylation sites is 1. The average Bonchev–Trinajstić information content (AvgIpc) is 2.93.